The first-order chi connectivity index (χ1) is 11.0. The Bertz CT molecular complexity index is 651. The number of carbonyl (C=O) groups excluding carboxylic acids is 1. The summed E-state index contributed by atoms with van der Waals surface area (Å²) in [5.41, 5.74) is -0.541. The third-order valence-corrected chi connectivity index (χ3v) is 5.04. The summed E-state index contributed by atoms with van der Waals surface area (Å²) in [5.74, 6) is -1.25. The number of thiocyanates is 1. The van der Waals surface area contributed by atoms with Crippen molar-refractivity contribution in [3.63, 3.8) is 0 Å². The van der Waals surface area contributed by atoms with Crippen molar-refractivity contribution in [3.8, 4) is 5.40 Å². The molecule has 0 atom stereocenters. The molecule has 0 unspecified atom stereocenters. The molecular weight excluding hydrogens is 336 g/mol. The number of thioether (sulfide) groups is 1. The van der Waals surface area contributed by atoms with Gasteiger partial charge in [0.1, 0.15) is 5.40 Å². The summed E-state index contributed by atoms with van der Waals surface area (Å²) in [6, 6.07) is 4.90. The molecule has 0 saturated heterocycles. The van der Waals surface area contributed by atoms with E-state index in [4.69, 9.17) is 16.9 Å². The monoisotopic (exact) mass is 352 g/mol. The SMILES string of the molecule is N#CSc1ccc(NC(=O)CC2(C(=O)O)CCCCC2)c(Cl)c1. The van der Waals surface area contributed by atoms with Crippen molar-refractivity contribution in [1.29, 1.82) is 5.26 Å². The minimum atomic E-state index is -0.967. The largest absolute Gasteiger partial charge is 0.481 e. The van der Waals surface area contributed by atoms with Crippen LogP contribution in [-0.4, -0.2) is 17.0 Å². The van der Waals surface area contributed by atoms with Crippen LogP contribution in [0.15, 0.2) is 23.1 Å². The molecule has 1 fully saturated rings. The zero-order chi connectivity index (χ0) is 16.9. The Balaban J connectivity index is 2.07. The van der Waals surface area contributed by atoms with Crippen LogP contribution in [0.2, 0.25) is 5.02 Å². The minimum absolute atomic E-state index is 0.0483. The Kier molecular flexibility index (Phi) is 5.91. The number of hydrogen-bond donors (Lipinski definition) is 2. The highest BCUT2D eigenvalue weighted by Gasteiger charge is 2.41. The molecule has 1 aliphatic rings. The van der Waals surface area contributed by atoms with Gasteiger partial charge >= 0.3 is 5.97 Å². The topological polar surface area (TPSA) is 90.2 Å². The third kappa shape index (κ3) is 4.40. The van der Waals surface area contributed by atoms with E-state index in [-0.39, 0.29) is 12.3 Å². The first-order valence-corrected chi connectivity index (χ1v) is 8.55. The van der Waals surface area contributed by atoms with Gasteiger partial charge in [0.15, 0.2) is 0 Å². The number of anilines is 1. The second kappa shape index (κ2) is 7.71. The van der Waals surface area contributed by atoms with Crippen molar-refractivity contribution in [2.24, 2.45) is 5.41 Å². The average molecular weight is 353 g/mol. The molecule has 122 valence electrons. The van der Waals surface area contributed by atoms with Crippen LogP contribution in [0.3, 0.4) is 0 Å². The number of carbonyl (C=O) groups is 2. The molecule has 2 rings (SSSR count). The molecule has 0 heterocycles. The summed E-state index contributed by atoms with van der Waals surface area (Å²) in [5, 5.41) is 23.1. The van der Waals surface area contributed by atoms with Gasteiger partial charge in [0.25, 0.3) is 0 Å². The highest BCUT2D eigenvalue weighted by molar-refractivity contribution is 8.03. The lowest BCUT2D eigenvalue weighted by Gasteiger charge is -2.32. The molecule has 0 radical (unpaired) electrons. The number of nitrogens with zero attached hydrogens (tertiary/aromatic N) is 1. The molecule has 0 aliphatic heterocycles. The summed E-state index contributed by atoms with van der Waals surface area (Å²) in [4.78, 5) is 24.6. The van der Waals surface area contributed by atoms with Crippen LogP contribution in [0.5, 0.6) is 0 Å². The Morgan fingerprint density at radius 2 is 2.04 bits per heavy atom. The highest BCUT2D eigenvalue weighted by Crippen LogP contribution is 2.40. The maximum Gasteiger partial charge on any atom is 0.310 e. The van der Waals surface area contributed by atoms with Gasteiger partial charge in [-0.1, -0.05) is 30.9 Å². The predicted octanol–water partition coefficient (Wildman–Crippen LogP) is 4.28. The molecule has 0 aromatic heterocycles. The first-order valence-electron chi connectivity index (χ1n) is 7.35. The maximum atomic E-state index is 12.3. The van der Waals surface area contributed by atoms with E-state index < -0.39 is 11.4 Å². The number of nitriles is 1. The predicted molar refractivity (Wildman–Crippen MR) is 89.3 cm³/mol. The molecule has 1 saturated carbocycles. The van der Waals surface area contributed by atoms with Crippen molar-refractivity contribution in [1.82, 2.24) is 0 Å². The van der Waals surface area contributed by atoms with E-state index in [1.54, 1.807) is 18.2 Å². The van der Waals surface area contributed by atoms with Crippen LogP contribution >= 0.6 is 23.4 Å². The molecule has 0 spiro atoms. The summed E-state index contributed by atoms with van der Waals surface area (Å²) in [6.45, 7) is 0. The molecular formula is C16H17ClN2O3S. The Hall–Kier alpha value is -1.71. The number of carboxylic acids is 1. The Labute approximate surface area is 144 Å². The van der Waals surface area contributed by atoms with E-state index in [0.29, 0.717) is 28.4 Å². The smallest absolute Gasteiger partial charge is 0.310 e. The summed E-state index contributed by atoms with van der Waals surface area (Å²) >= 11 is 7.07. The van der Waals surface area contributed by atoms with Gasteiger partial charge in [0.05, 0.1) is 16.1 Å². The summed E-state index contributed by atoms with van der Waals surface area (Å²) in [7, 11) is 0. The van der Waals surface area contributed by atoms with Gasteiger partial charge in [-0.05, 0) is 42.8 Å². The second-order valence-electron chi connectivity index (χ2n) is 5.71. The van der Waals surface area contributed by atoms with Crippen molar-refractivity contribution in [2.75, 3.05) is 5.32 Å². The molecule has 23 heavy (non-hydrogen) atoms. The van der Waals surface area contributed by atoms with Crippen LogP contribution in [-0.2, 0) is 9.59 Å². The highest BCUT2D eigenvalue weighted by atomic mass is 35.5. The van der Waals surface area contributed by atoms with Crippen molar-refractivity contribution >= 4 is 40.9 Å². The molecule has 2 N–H and O–H groups in total. The fourth-order valence-electron chi connectivity index (χ4n) is 2.91. The van der Waals surface area contributed by atoms with E-state index >= 15 is 0 Å². The number of rotatable bonds is 5. The van der Waals surface area contributed by atoms with Gasteiger partial charge in [-0.25, -0.2) is 0 Å². The molecule has 1 amide bonds. The minimum Gasteiger partial charge on any atom is -0.481 e. The summed E-state index contributed by atoms with van der Waals surface area (Å²) < 4.78 is 0. The molecule has 5 nitrogen and oxygen atoms in total. The molecule has 1 aromatic carbocycles. The summed E-state index contributed by atoms with van der Waals surface area (Å²) in [6.07, 6.45) is 3.69. The Morgan fingerprint density at radius 3 is 2.61 bits per heavy atom. The second-order valence-corrected chi connectivity index (χ2v) is 6.97. The zero-order valence-electron chi connectivity index (χ0n) is 12.5. The van der Waals surface area contributed by atoms with Crippen LogP contribution < -0.4 is 5.32 Å². The number of amides is 1. The van der Waals surface area contributed by atoms with Crippen LogP contribution in [0.1, 0.15) is 38.5 Å². The normalized spacial score (nSPS) is 16.3. The van der Waals surface area contributed by atoms with Crippen molar-refractivity contribution in [2.45, 2.75) is 43.4 Å². The fraction of sp³-hybridized carbons (Fsp3) is 0.438. The number of halogens is 1. The van der Waals surface area contributed by atoms with Gasteiger partial charge < -0.3 is 10.4 Å². The van der Waals surface area contributed by atoms with E-state index in [1.165, 1.54) is 0 Å². The fourth-order valence-corrected chi connectivity index (χ4v) is 3.62. The van der Waals surface area contributed by atoms with Crippen LogP contribution in [0, 0.1) is 16.1 Å². The van der Waals surface area contributed by atoms with Gasteiger partial charge in [0.2, 0.25) is 5.91 Å². The van der Waals surface area contributed by atoms with Gasteiger partial charge in [-0.3, -0.25) is 9.59 Å². The van der Waals surface area contributed by atoms with E-state index in [0.717, 1.165) is 31.0 Å². The van der Waals surface area contributed by atoms with Crippen molar-refractivity contribution < 1.29 is 14.7 Å². The molecule has 1 aliphatic carbocycles. The lowest BCUT2D eigenvalue weighted by molar-refractivity contribution is -0.153. The number of nitrogens with one attached hydrogen (secondary N) is 1. The van der Waals surface area contributed by atoms with E-state index in [1.807, 2.05) is 5.40 Å². The third-order valence-electron chi connectivity index (χ3n) is 4.14. The molecule has 7 heteroatoms. The number of aliphatic carboxylic acids is 1. The molecule has 0 bridgehead atoms. The van der Waals surface area contributed by atoms with E-state index in [2.05, 4.69) is 5.32 Å². The van der Waals surface area contributed by atoms with Crippen molar-refractivity contribution in [3.05, 3.63) is 23.2 Å². The van der Waals surface area contributed by atoms with Gasteiger partial charge in [0, 0.05) is 11.3 Å². The first kappa shape index (κ1) is 17.6. The maximum absolute atomic E-state index is 12.3. The lowest BCUT2D eigenvalue weighted by Crippen LogP contribution is -2.37. The Morgan fingerprint density at radius 1 is 1.35 bits per heavy atom. The quantitative estimate of drug-likeness (QED) is 0.609. The number of hydrogen-bond acceptors (Lipinski definition) is 4. The lowest BCUT2D eigenvalue weighted by atomic mass is 9.71. The van der Waals surface area contributed by atoms with Crippen LogP contribution in [0.4, 0.5) is 5.69 Å². The number of benzene rings is 1. The van der Waals surface area contributed by atoms with E-state index in [9.17, 15) is 14.7 Å². The van der Waals surface area contributed by atoms with Crippen LogP contribution in [0.25, 0.3) is 0 Å². The average Bonchev–Trinajstić information content (AvgIpc) is 2.51. The standard InChI is InChI=1S/C16H17ClN2O3S/c17-12-8-11(23-10-18)4-5-13(12)19-14(20)9-16(15(21)22)6-2-1-3-7-16/h4-5,8H,1-3,6-7,9H2,(H,19,20)(H,21,22). The van der Waals surface area contributed by atoms with Gasteiger partial charge in [-0.2, -0.15) is 5.26 Å². The molecule has 1 aromatic rings. The number of carboxylic acid groups (broad SMARTS) is 1. The van der Waals surface area contributed by atoms with Gasteiger partial charge in [-0.15, -0.1) is 0 Å². The zero-order valence-corrected chi connectivity index (χ0v) is 14.0.